The first-order valence-electron chi connectivity index (χ1n) is 8.57. The number of imide groups is 2. The molecule has 1 aliphatic rings. The Kier molecular flexibility index (Phi) is 6.34. The lowest BCUT2D eigenvalue weighted by Gasteiger charge is -2.19. The minimum absolute atomic E-state index is 0.189. The summed E-state index contributed by atoms with van der Waals surface area (Å²) < 4.78 is 5.23. The minimum Gasteiger partial charge on any atom is -0.447 e. The maximum atomic E-state index is 12.3. The molecule has 3 N–H and O–H groups in total. The van der Waals surface area contributed by atoms with Gasteiger partial charge in [-0.05, 0) is 13.8 Å². The summed E-state index contributed by atoms with van der Waals surface area (Å²) in [6.07, 6.45) is -1.66. The van der Waals surface area contributed by atoms with E-state index in [9.17, 15) is 24.0 Å². The van der Waals surface area contributed by atoms with E-state index in [-0.39, 0.29) is 13.0 Å². The van der Waals surface area contributed by atoms with E-state index >= 15 is 0 Å². The molecule has 0 saturated carbocycles. The van der Waals surface area contributed by atoms with E-state index in [1.54, 1.807) is 44.2 Å². The van der Waals surface area contributed by atoms with Crippen molar-refractivity contribution in [3.63, 3.8) is 0 Å². The number of hydrogen-bond acceptors (Lipinski definition) is 6. The zero-order valence-corrected chi connectivity index (χ0v) is 15.8. The molecule has 1 fully saturated rings. The number of benzene rings is 1. The molecule has 1 atom stereocenters. The van der Waals surface area contributed by atoms with E-state index in [0.29, 0.717) is 5.56 Å². The highest BCUT2D eigenvalue weighted by Crippen LogP contribution is 2.20. The monoisotopic (exact) mass is 390 g/mol. The molecule has 28 heavy (non-hydrogen) atoms. The van der Waals surface area contributed by atoms with Gasteiger partial charge in [-0.2, -0.15) is 0 Å². The number of hydrogen-bond donors (Lipinski definition) is 3. The molecule has 150 valence electrons. The summed E-state index contributed by atoms with van der Waals surface area (Å²) in [4.78, 5) is 60.9. The number of esters is 1. The first-order valence-corrected chi connectivity index (χ1v) is 8.57. The van der Waals surface area contributed by atoms with Crippen molar-refractivity contribution in [2.75, 3.05) is 13.6 Å². The molecule has 0 spiro atoms. The zero-order valence-electron chi connectivity index (χ0n) is 15.8. The van der Waals surface area contributed by atoms with Crippen LogP contribution in [0.3, 0.4) is 0 Å². The van der Waals surface area contributed by atoms with Gasteiger partial charge in [-0.25, -0.2) is 9.59 Å². The van der Waals surface area contributed by atoms with Crippen molar-refractivity contribution in [3.05, 3.63) is 35.9 Å². The van der Waals surface area contributed by atoms with Gasteiger partial charge in [0.05, 0.1) is 6.42 Å². The summed E-state index contributed by atoms with van der Waals surface area (Å²) in [7, 11) is 1.34. The summed E-state index contributed by atoms with van der Waals surface area (Å²) >= 11 is 0. The molecule has 1 aliphatic heterocycles. The lowest BCUT2D eigenvalue weighted by molar-refractivity contribution is -0.156. The van der Waals surface area contributed by atoms with Crippen LogP contribution in [-0.2, 0) is 19.1 Å². The van der Waals surface area contributed by atoms with E-state index < -0.39 is 41.5 Å². The van der Waals surface area contributed by atoms with E-state index in [0.717, 1.165) is 4.90 Å². The lowest BCUT2D eigenvalue weighted by atomic mass is 10.1. The van der Waals surface area contributed by atoms with Gasteiger partial charge in [-0.15, -0.1) is 0 Å². The van der Waals surface area contributed by atoms with Gasteiger partial charge in [-0.1, -0.05) is 30.3 Å². The predicted molar refractivity (Wildman–Crippen MR) is 96.8 cm³/mol. The average Bonchev–Trinajstić information content (AvgIpc) is 2.85. The van der Waals surface area contributed by atoms with E-state index in [2.05, 4.69) is 16.0 Å². The Labute approximate surface area is 161 Å². The van der Waals surface area contributed by atoms with Crippen LogP contribution in [0.4, 0.5) is 9.59 Å². The Morgan fingerprint density at radius 1 is 1.18 bits per heavy atom. The summed E-state index contributed by atoms with van der Waals surface area (Å²) in [5.41, 5.74) is -0.672. The third-order valence-corrected chi connectivity index (χ3v) is 4.04. The van der Waals surface area contributed by atoms with Gasteiger partial charge in [0.15, 0.2) is 0 Å². The molecule has 1 aromatic carbocycles. The summed E-state index contributed by atoms with van der Waals surface area (Å²) in [5, 5.41) is 6.80. The van der Waals surface area contributed by atoms with Gasteiger partial charge in [-0.3, -0.25) is 24.6 Å². The lowest BCUT2D eigenvalue weighted by Crippen LogP contribution is -2.41. The van der Waals surface area contributed by atoms with Gasteiger partial charge in [0.25, 0.3) is 11.8 Å². The average molecular weight is 390 g/mol. The summed E-state index contributed by atoms with van der Waals surface area (Å²) in [6, 6.07) is 6.82. The fraction of sp³-hybridized carbons (Fsp3) is 0.389. The second kappa shape index (κ2) is 8.51. The SMILES string of the molecule is CNC(=O)NC(=O)[C@H](OC(=O)CCN1C(=O)NC(C)(C)C1=O)c1ccccc1. The molecule has 1 heterocycles. The van der Waals surface area contributed by atoms with Crippen LogP contribution < -0.4 is 16.0 Å². The highest BCUT2D eigenvalue weighted by molar-refractivity contribution is 6.06. The summed E-state index contributed by atoms with van der Waals surface area (Å²) in [6.45, 7) is 2.92. The number of rotatable bonds is 6. The summed E-state index contributed by atoms with van der Waals surface area (Å²) in [5.74, 6) is -2.08. The Morgan fingerprint density at radius 2 is 1.82 bits per heavy atom. The third-order valence-electron chi connectivity index (χ3n) is 4.04. The molecule has 10 heteroatoms. The fourth-order valence-corrected chi connectivity index (χ4v) is 2.56. The largest absolute Gasteiger partial charge is 0.447 e. The van der Waals surface area contributed by atoms with Crippen LogP contribution in [0, 0.1) is 0 Å². The number of carbonyl (C=O) groups is 5. The number of ether oxygens (including phenoxy) is 1. The second-order valence-corrected chi connectivity index (χ2v) is 6.61. The number of nitrogens with zero attached hydrogens (tertiary/aromatic N) is 1. The first-order chi connectivity index (χ1) is 13.2. The molecular weight excluding hydrogens is 368 g/mol. The fourth-order valence-electron chi connectivity index (χ4n) is 2.56. The highest BCUT2D eigenvalue weighted by atomic mass is 16.5. The Morgan fingerprint density at radius 3 is 2.36 bits per heavy atom. The standard InChI is InChI=1S/C18H22N4O6/c1-18(2)15(25)22(17(27)21-18)10-9-12(23)28-13(11-7-5-4-6-8-11)14(24)20-16(26)19-3/h4-8,13H,9-10H2,1-3H3,(H,21,27)(H2,19,20,24,26)/t13-/m1/s1. The van der Waals surface area contributed by atoms with Crippen LogP contribution in [0.25, 0.3) is 0 Å². The minimum atomic E-state index is -1.36. The molecule has 0 bridgehead atoms. The van der Waals surface area contributed by atoms with E-state index in [4.69, 9.17) is 4.74 Å². The van der Waals surface area contributed by atoms with Crippen LogP contribution in [0.1, 0.15) is 31.9 Å². The van der Waals surface area contributed by atoms with Crippen molar-refractivity contribution in [1.82, 2.24) is 20.9 Å². The van der Waals surface area contributed by atoms with Gasteiger partial charge in [0.2, 0.25) is 6.10 Å². The normalized spacial score (nSPS) is 16.2. The van der Waals surface area contributed by atoms with Gasteiger partial charge in [0.1, 0.15) is 5.54 Å². The second-order valence-electron chi connectivity index (χ2n) is 6.61. The number of amides is 6. The van der Waals surface area contributed by atoms with E-state index in [1.165, 1.54) is 7.05 Å². The zero-order chi connectivity index (χ0) is 20.9. The molecule has 0 aliphatic carbocycles. The maximum absolute atomic E-state index is 12.3. The highest BCUT2D eigenvalue weighted by Gasteiger charge is 2.44. The van der Waals surface area contributed by atoms with E-state index in [1.807, 2.05) is 0 Å². The van der Waals surface area contributed by atoms with Crippen LogP contribution in [-0.4, -0.2) is 53.9 Å². The molecule has 0 radical (unpaired) electrons. The quantitative estimate of drug-likeness (QED) is 0.477. The van der Waals surface area contributed by atoms with Crippen molar-refractivity contribution < 1.29 is 28.7 Å². The van der Waals surface area contributed by atoms with Gasteiger partial charge in [0, 0.05) is 19.2 Å². The van der Waals surface area contributed by atoms with Crippen LogP contribution in [0.5, 0.6) is 0 Å². The van der Waals surface area contributed by atoms with Crippen molar-refractivity contribution in [2.24, 2.45) is 0 Å². The first kappa shape index (κ1) is 20.9. The molecule has 2 rings (SSSR count). The van der Waals surface area contributed by atoms with Crippen LogP contribution in [0.15, 0.2) is 30.3 Å². The Balaban J connectivity index is 2.04. The van der Waals surface area contributed by atoms with Gasteiger partial charge >= 0.3 is 18.0 Å². The Bertz CT molecular complexity index is 793. The molecule has 0 unspecified atom stereocenters. The predicted octanol–water partition coefficient (Wildman–Crippen LogP) is 0.447. The van der Waals surface area contributed by atoms with Crippen molar-refractivity contribution in [1.29, 1.82) is 0 Å². The number of urea groups is 2. The topological polar surface area (TPSA) is 134 Å². The number of carbonyl (C=O) groups excluding carboxylic acids is 5. The van der Waals surface area contributed by atoms with Crippen molar-refractivity contribution in [2.45, 2.75) is 31.9 Å². The maximum Gasteiger partial charge on any atom is 0.325 e. The molecule has 1 saturated heterocycles. The molecule has 0 aromatic heterocycles. The van der Waals surface area contributed by atoms with Crippen LogP contribution in [0.2, 0.25) is 0 Å². The molecule has 6 amide bonds. The Hall–Kier alpha value is -3.43. The molecular formula is C18H22N4O6. The third kappa shape index (κ3) is 4.84. The van der Waals surface area contributed by atoms with Gasteiger partial charge < -0.3 is 15.4 Å². The smallest absolute Gasteiger partial charge is 0.325 e. The van der Waals surface area contributed by atoms with Crippen molar-refractivity contribution in [3.8, 4) is 0 Å². The van der Waals surface area contributed by atoms with Crippen molar-refractivity contribution >= 4 is 29.8 Å². The number of nitrogens with one attached hydrogen (secondary N) is 3. The molecule has 10 nitrogen and oxygen atoms in total. The van der Waals surface area contributed by atoms with Crippen LogP contribution >= 0.6 is 0 Å². The molecule has 1 aromatic rings.